The lowest BCUT2D eigenvalue weighted by Gasteiger charge is -2.05. The number of fused-ring (bicyclic) bond motifs is 1. The standard InChI is InChI=1S/C16H15N3O/c1-10-8-14(5-6-17-10)19-16(20)12-3-4-15-13(9-12)7-11(2)18-15/h3-9,18H,1-2H3,(H,17,19,20). The molecule has 100 valence electrons. The van der Waals surface area contributed by atoms with Crippen molar-refractivity contribution in [1.29, 1.82) is 0 Å². The van der Waals surface area contributed by atoms with Crippen molar-refractivity contribution in [2.45, 2.75) is 13.8 Å². The average Bonchev–Trinajstić information content (AvgIpc) is 2.77. The lowest BCUT2D eigenvalue weighted by atomic mass is 10.1. The first-order valence-corrected chi connectivity index (χ1v) is 6.45. The summed E-state index contributed by atoms with van der Waals surface area (Å²) in [6.07, 6.45) is 1.68. The molecule has 3 rings (SSSR count). The highest BCUT2D eigenvalue weighted by atomic mass is 16.1. The fraction of sp³-hybridized carbons (Fsp3) is 0.125. The number of anilines is 1. The van der Waals surface area contributed by atoms with Crippen molar-refractivity contribution >= 4 is 22.5 Å². The summed E-state index contributed by atoms with van der Waals surface area (Å²) in [7, 11) is 0. The molecule has 0 aliphatic heterocycles. The third-order valence-electron chi connectivity index (χ3n) is 3.17. The van der Waals surface area contributed by atoms with Crippen LogP contribution < -0.4 is 5.32 Å². The summed E-state index contributed by atoms with van der Waals surface area (Å²) in [5.74, 6) is -0.114. The highest BCUT2D eigenvalue weighted by molar-refractivity contribution is 6.06. The molecule has 0 saturated carbocycles. The topological polar surface area (TPSA) is 57.8 Å². The van der Waals surface area contributed by atoms with Crippen LogP contribution in [-0.4, -0.2) is 15.9 Å². The molecule has 0 bridgehead atoms. The normalized spacial score (nSPS) is 10.7. The predicted molar refractivity (Wildman–Crippen MR) is 80.0 cm³/mol. The first-order valence-electron chi connectivity index (χ1n) is 6.45. The highest BCUT2D eigenvalue weighted by Gasteiger charge is 2.08. The number of hydrogen-bond donors (Lipinski definition) is 2. The van der Waals surface area contributed by atoms with Crippen LogP contribution in [0.25, 0.3) is 10.9 Å². The molecule has 20 heavy (non-hydrogen) atoms. The SMILES string of the molecule is Cc1cc(NC(=O)c2ccc3[nH]c(C)cc3c2)ccn1. The average molecular weight is 265 g/mol. The molecule has 0 atom stereocenters. The molecule has 0 radical (unpaired) electrons. The van der Waals surface area contributed by atoms with E-state index in [-0.39, 0.29) is 5.91 Å². The minimum absolute atomic E-state index is 0.114. The molecule has 4 nitrogen and oxygen atoms in total. The van der Waals surface area contributed by atoms with Crippen molar-refractivity contribution < 1.29 is 4.79 Å². The molecule has 2 aromatic heterocycles. The Morgan fingerprint density at radius 3 is 2.80 bits per heavy atom. The van der Waals surface area contributed by atoms with E-state index in [9.17, 15) is 4.79 Å². The molecule has 2 heterocycles. The maximum atomic E-state index is 12.2. The number of benzene rings is 1. The van der Waals surface area contributed by atoms with E-state index in [1.54, 1.807) is 12.3 Å². The van der Waals surface area contributed by atoms with Crippen molar-refractivity contribution in [2.75, 3.05) is 5.32 Å². The first-order chi connectivity index (χ1) is 9.61. The molecule has 0 fully saturated rings. The van der Waals surface area contributed by atoms with Gasteiger partial charge in [0.25, 0.3) is 5.91 Å². The Bertz CT molecular complexity index is 789. The number of H-pyrrole nitrogens is 1. The Labute approximate surface area is 116 Å². The van der Waals surface area contributed by atoms with Crippen LogP contribution in [0.3, 0.4) is 0 Å². The number of pyridine rings is 1. The van der Waals surface area contributed by atoms with Crippen LogP contribution in [0.15, 0.2) is 42.6 Å². The van der Waals surface area contributed by atoms with Gasteiger partial charge in [-0.3, -0.25) is 9.78 Å². The van der Waals surface area contributed by atoms with E-state index in [2.05, 4.69) is 15.3 Å². The third-order valence-corrected chi connectivity index (χ3v) is 3.17. The van der Waals surface area contributed by atoms with Crippen molar-refractivity contribution in [1.82, 2.24) is 9.97 Å². The number of carbonyl (C=O) groups is 1. The van der Waals surface area contributed by atoms with E-state index < -0.39 is 0 Å². The maximum Gasteiger partial charge on any atom is 0.255 e. The maximum absolute atomic E-state index is 12.2. The van der Waals surface area contributed by atoms with Gasteiger partial charge in [-0.25, -0.2) is 0 Å². The van der Waals surface area contributed by atoms with Crippen molar-refractivity contribution in [3.05, 3.63) is 59.5 Å². The largest absolute Gasteiger partial charge is 0.359 e. The minimum Gasteiger partial charge on any atom is -0.359 e. The molecule has 0 spiro atoms. The van der Waals surface area contributed by atoms with Gasteiger partial charge in [0.05, 0.1) is 0 Å². The lowest BCUT2D eigenvalue weighted by Crippen LogP contribution is -2.11. The zero-order valence-electron chi connectivity index (χ0n) is 11.4. The number of aryl methyl sites for hydroxylation is 2. The number of nitrogens with zero attached hydrogens (tertiary/aromatic N) is 1. The Morgan fingerprint density at radius 1 is 1.15 bits per heavy atom. The number of nitrogens with one attached hydrogen (secondary N) is 2. The molecular formula is C16H15N3O. The van der Waals surface area contributed by atoms with Gasteiger partial charge >= 0.3 is 0 Å². The minimum atomic E-state index is -0.114. The van der Waals surface area contributed by atoms with Gasteiger partial charge in [0.15, 0.2) is 0 Å². The summed E-state index contributed by atoms with van der Waals surface area (Å²) in [6.45, 7) is 3.89. The molecule has 0 aliphatic carbocycles. The van der Waals surface area contributed by atoms with Crippen LogP contribution in [0.4, 0.5) is 5.69 Å². The van der Waals surface area contributed by atoms with Crippen molar-refractivity contribution in [3.8, 4) is 0 Å². The molecule has 4 heteroatoms. The Morgan fingerprint density at radius 2 is 2.00 bits per heavy atom. The van der Waals surface area contributed by atoms with Crippen LogP contribution in [0, 0.1) is 13.8 Å². The van der Waals surface area contributed by atoms with Crippen LogP contribution in [-0.2, 0) is 0 Å². The van der Waals surface area contributed by atoms with E-state index in [0.29, 0.717) is 5.56 Å². The van der Waals surface area contributed by atoms with E-state index >= 15 is 0 Å². The Balaban J connectivity index is 1.88. The molecular weight excluding hydrogens is 250 g/mol. The first kappa shape index (κ1) is 12.4. The number of hydrogen-bond acceptors (Lipinski definition) is 2. The zero-order chi connectivity index (χ0) is 14.1. The molecule has 3 aromatic rings. The van der Waals surface area contributed by atoms with Crippen molar-refractivity contribution in [2.24, 2.45) is 0 Å². The van der Waals surface area contributed by atoms with E-state index in [0.717, 1.165) is 28.0 Å². The van der Waals surface area contributed by atoms with Gasteiger partial charge in [-0.2, -0.15) is 0 Å². The van der Waals surface area contributed by atoms with Crippen LogP contribution in [0.2, 0.25) is 0 Å². The molecule has 0 aliphatic rings. The molecule has 1 aromatic carbocycles. The summed E-state index contributed by atoms with van der Waals surface area (Å²) in [6, 6.07) is 11.3. The molecule has 1 amide bonds. The lowest BCUT2D eigenvalue weighted by molar-refractivity contribution is 0.102. The van der Waals surface area contributed by atoms with E-state index in [1.165, 1.54) is 0 Å². The predicted octanol–water partition coefficient (Wildman–Crippen LogP) is 3.43. The Hall–Kier alpha value is -2.62. The van der Waals surface area contributed by atoms with Crippen LogP contribution in [0.5, 0.6) is 0 Å². The van der Waals surface area contributed by atoms with E-state index in [4.69, 9.17) is 0 Å². The van der Waals surface area contributed by atoms with Crippen LogP contribution in [0.1, 0.15) is 21.7 Å². The summed E-state index contributed by atoms with van der Waals surface area (Å²) < 4.78 is 0. The zero-order valence-corrected chi connectivity index (χ0v) is 11.4. The van der Waals surface area contributed by atoms with Gasteiger partial charge in [0, 0.05) is 39.7 Å². The number of aromatic nitrogens is 2. The summed E-state index contributed by atoms with van der Waals surface area (Å²) in [4.78, 5) is 19.6. The van der Waals surface area contributed by atoms with Gasteiger partial charge in [-0.15, -0.1) is 0 Å². The summed E-state index contributed by atoms with van der Waals surface area (Å²) in [5, 5.41) is 3.92. The monoisotopic (exact) mass is 265 g/mol. The quantitative estimate of drug-likeness (QED) is 0.745. The number of aromatic amines is 1. The summed E-state index contributed by atoms with van der Waals surface area (Å²) in [5.41, 5.74) is 4.40. The van der Waals surface area contributed by atoms with Crippen LogP contribution >= 0.6 is 0 Å². The van der Waals surface area contributed by atoms with Gasteiger partial charge in [-0.05, 0) is 50.2 Å². The molecule has 0 unspecified atom stereocenters. The fourth-order valence-corrected chi connectivity index (χ4v) is 2.25. The second-order valence-electron chi connectivity index (χ2n) is 4.89. The van der Waals surface area contributed by atoms with Gasteiger partial charge < -0.3 is 10.3 Å². The van der Waals surface area contributed by atoms with Gasteiger partial charge in [0.1, 0.15) is 0 Å². The second kappa shape index (κ2) is 4.81. The molecule has 2 N–H and O–H groups in total. The second-order valence-corrected chi connectivity index (χ2v) is 4.89. The fourth-order valence-electron chi connectivity index (χ4n) is 2.25. The smallest absolute Gasteiger partial charge is 0.255 e. The van der Waals surface area contributed by atoms with Gasteiger partial charge in [-0.1, -0.05) is 0 Å². The number of carbonyl (C=O) groups excluding carboxylic acids is 1. The van der Waals surface area contributed by atoms with E-state index in [1.807, 2.05) is 44.2 Å². The highest BCUT2D eigenvalue weighted by Crippen LogP contribution is 2.18. The number of rotatable bonds is 2. The Kier molecular flexibility index (Phi) is 2.99. The third kappa shape index (κ3) is 2.40. The van der Waals surface area contributed by atoms with Gasteiger partial charge in [0.2, 0.25) is 0 Å². The van der Waals surface area contributed by atoms with Crippen molar-refractivity contribution in [3.63, 3.8) is 0 Å². The molecule has 0 saturated heterocycles. The summed E-state index contributed by atoms with van der Waals surface area (Å²) >= 11 is 0. The number of amides is 1.